The first-order chi connectivity index (χ1) is 9.56. The van der Waals surface area contributed by atoms with Crippen LogP contribution in [-0.2, 0) is 11.2 Å². The van der Waals surface area contributed by atoms with Gasteiger partial charge in [-0.05, 0) is 30.4 Å². The Morgan fingerprint density at radius 2 is 1.95 bits per heavy atom. The van der Waals surface area contributed by atoms with E-state index >= 15 is 0 Å². The maximum absolute atomic E-state index is 12.1. The smallest absolute Gasteiger partial charge is 0.233 e. The molecule has 0 radical (unpaired) electrons. The number of hydrogen-bond acceptors (Lipinski definition) is 3. The molecule has 1 atom stereocenters. The first kappa shape index (κ1) is 14.7. The van der Waals surface area contributed by atoms with Crippen LogP contribution in [0.1, 0.15) is 37.8 Å². The monoisotopic (exact) mass is 288 g/mol. The van der Waals surface area contributed by atoms with E-state index in [4.69, 9.17) is 0 Å². The van der Waals surface area contributed by atoms with Gasteiger partial charge in [-0.2, -0.15) is 0 Å². The fraction of sp³-hybridized carbons (Fsp3) is 0.375. The van der Waals surface area contributed by atoms with E-state index in [1.54, 1.807) is 6.20 Å². The number of thiazole rings is 1. The number of amides is 1. The highest BCUT2D eigenvalue weighted by atomic mass is 32.1. The van der Waals surface area contributed by atoms with Gasteiger partial charge in [0, 0.05) is 11.6 Å². The Morgan fingerprint density at radius 3 is 2.50 bits per heavy atom. The number of hydrogen-bond donors (Lipinski definition) is 1. The van der Waals surface area contributed by atoms with Gasteiger partial charge >= 0.3 is 0 Å². The van der Waals surface area contributed by atoms with Gasteiger partial charge in [-0.25, -0.2) is 4.98 Å². The minimum Gasteiger partial charge on any atom is -0.301 e. The molecule has 0 fully saturated rings. The molecule has 1 N–H and O–H groups in total. The number of carbonyl (C=O) groups excluding carboxylic acids is 1. The Kier molecular flexibility index (Phi) is 4.90. The van der Waals surface area contributed by atoms with Crippen LogP contribution in [0.5, 0.6) is 0 Å². The summed E-state index contributed by atoms with van der Waals surface area (Å²) in [7, 11) is 0. The Labute approximate surface area is 124 Å². The zero-order valence-electron chi connectivity index (χ0n) is 12.1. The molecule has 0 saturated carbocycles. The molecule has 1 aromatic heterocycles. The van der Waals surface area contributed by atoms with Gasteiger partial charge < -0.3 is 5.32 Å². The Hall–Kier alpha value is -1.68. The molecular weight excluding hydrogens is 268 g/mol. The molecule has 1 aromatic carbocycles. The minimum atomic E-state index is -0.174. The zero-order chi connectivity index (χ0) is 14.5. The van der Waals surface area contributed by atoms with Gasteiger partial charge in [0.1, 0.15) is 0 Å². The number of nitrogens with zero attached hydrogens (tertiary/aromatic N) is 1. The highest BCUT2D eigenvalue weighted by Gasteiger charge is 2.16. The summed E-state index contributed by atoms with van der Waals surface area (Å²) in [6, 6.07) is 8.32. The average molecular weight is 288 g/mol. The summed E-state index contributed by atoms with van der Waals surface area (Å²) in [5, 5.41) is 5.33. The van der Waals surface area contributed by atoms with E-state index in [0.717, 1.165) is 12.0 Å². The molecule has 0 spiro atoms. The average Bonchev–Trinajstić information content (AvgIpc) is 2.91. The van der Waals surface area contributed by atoms with Crippen LogP contribution >= 0.6 is 11.3 Å². The number of aromatic nitrogens is 1. The van der Waals surface area contributed by atoms with E-state index in [1.165, 1.54) is 16.9 Å². The minimum absolute atomic E-state index is 0.0171. The molecule has 20 heavy (non-hydrogen) atoms. The molecule has 106 valence electrons. The molecule has 0 aliphatic heterocycles. The second-order valence-electron chi connectivity index (χ2n) is 5.39. The highest BCUT2D eigenvalue weighted by molar-refractivity contribution is 7.13. The molecule has 2 rings (SSSR count). The van der Waals surface area contributed by atoms with Crippen molar-refractivity contribution < 1.29 is 4.79 Å². The van der Waals surface area contributed by atoms with Crippen LogP contribution in [0.15, 0.2) is 35.8 Å². The van der Waals surface area contributed by atoms with Gasteiger partial charge in [-0.1, -0.05) is 38.1 Å². The van der Waals surface area contributed by atoms with Crippen LogP contribution in [0, 0.1) is 5.92 Å². The Bertz CT molecular complexity index is 546. The molecule has 1 heterocycles. The van der Waals surface area contributed by atoms with Crippen LogP contribution in [0.4, 0.5) is 5.13 Å². The lowest BCUT2D eigenvalue weighted by molar-refractivity contribution is -0.117. The van der Waals surface area contributed by atoms with E-state index in [0.29, 0.717) is 11.0 Å². The standard InChI is InChI=1S/C16H20N2OS/c1-11(2)10-13-4-6-14(7-5-13)12(3)15(19)18-16-17-8-9-20-16/h4-9,11-12H,10H2,1-3H3,(H,17,18,19)/t12-/m1/s1. The van der Waals surface area contributed by atoms with Crippen molar-refractivity contribution in [3.8, 4) is 0 Å². The Morgan fingerprint density at radius 1 is 1.25 bits per heavy atom. The number of rotatable bonds is 5. The predicted molar refractivity (Wildman–Crippen MR) is 84.1 cm³/mol. The quantitative estimate of drug-likeness (QED) is 0.900. The maximum Gasteiger partial charge on any atom is 0.233 e. The van der Waals surface area contributed by atoms with Gasteiger partial charge in [-0.15, -0.1) is 11.3 Å². The summed E-state index contributed by atoms with van der Waals surface area (Å²) in [6.45, 7) is 6.33. The topological polar surface area (TPSA) is 42.0 Å². The lowest BCUT2D eigenvalue weighted by Crippen LogP contribution is -2.18. The molecular formula is C16H20N2OS. The van der Waals surface area contributed by atoms with Gasteiger partial charge in [0.05, 0.1) is 5.92 Å². The second kappa shape index (κ2) is 6.66. The first-order valence-corrected chi connectivity index (χ1v) is 7.73. The van der Waals surface area contributed by atoms with Gasteiger partial charge in [0.2, 0.25) is 5.91 Å². The van der Waals surface area contributed by atoms with Crippen molar-refractivity contribution >= 4 is 22.4 Å². The van der Waals surface area contributed by atoms with Crippen LogP contribution in [0.3, 0.4) is 0 Å². The van der Waals surface area contributed by atoms with Crippen molar-refractivity contribution in [3.63, 3.8) is 0 Å². The number of nitrogens with one attached hydrogen (secondary N) is 1. The molecule has 2 aromatic rings. The molecule has 1 amide bonds. The first-order valence-electron chi connectivity index (χ1n) is 6.85. The zero-order valence-corrected chi connectivity index (χ0v) is 12.9. The summed E-state index contributed by atoms with van der Waals surface area (Å²) in [5.41, 5.74) is 2.35. The van der Waals surface area contributed by atoms with Gasteiger partial charge in [0.25, 0.3) is 0 Å². The van der Waals surface area contributed by atoms with Gasteiger partial charge in [-0.3, -0.25) is 4.79 Å². The summed E-state index contributed by atoms with van der Waals surface area (Å²) < 4.78 is 0. The summed E-state index contributed by atoms with van der Waals surface area (Å²) in [4.78, 5) is 16.2. The van der Waals surface area contributed by atoms with Crippen molar-refractivity contribution in [2.24, 2.45) is 5.92 Å². The largest absolute Gasteiger partial charge is 0.301 e. The third kappa shape index (κ3) is 3.90. The van der Waals surface area contributed by atoms with Crippen molar-refractivity contribution in [3.05, 3.63) is 47.0 Å². The maximum atomic E-state index is 12.1. The molecule has 3 nitrogen and oxygen atoms in total. The normalized spacial score (nSPS) is 12.4. The predicted octanol–water partition coefficient (Wildman–Crippen LogP) is 4.08. The lowest BCUT2D eigenvalue weighted by Gasteiger charge is -2.12. The van der Waals surface area contributed by atoms with Crippen molar-refractivity contribution in [1.82, 2.24) is 4.98 Å². The molecule has 4 heteroatoms. The number of benzene rings is 1. The van der Waals surface area contributed by atoms with Crippen LogP contribution < -0.4 is 5.32 Å². The SMILES string of the molecule is CC(C)Cc1ccc([C@@H](C)C(=O)Nc2nccs2)cc1. The molecule has 0 saturated heterocycles. The van der Waals surface area contributed by atoms with E-state index in [2.05, 4.69) is 36.3 Å². The van der Waals surface area contributed by atoms with Crippen molar-refractivity contribution in [1.29, 1.82) is 0 Å². The fourth-order valence-corrected chi connectivity index (χ4v) is 2.60. The number of anilines is 1. The second-order valence-corrected chi connectivity index (χ2v) is 6.28. The van der Waals surface area contributed by atoms with E-state index in [-0.39, 0.29) is 11.8 Å². The van der Waals surface area contributed by atoms with E-state index < -0.39 is 0 Å². The van der Waals surface area contributed by atoms with Crippen LogP contribution in [0.2, 0.25) is 0 Å². The molecule has 0 aliphatic carbocycles. The third-order valence-electron chi connectivity index (χ3n) is 3.18. The summed E-state index contributed by atoms with van der Waals surface area (Å²) in [6.07, 6.45) is 2.76. The molecule has 0 unspecified atom stereocenters. The summed E-state index contributed by atoms with van der Waals surface area (Å²) in [5.74, 6) is 0.454. The van der Waals surface area contributed by atoms with Crippen LogP contribution in [-0.4, -0.2) is 10.9 Å². The van der Waals surface area contributed by atoms with Crippen molar-refractivity contribution in [2.45, 2.75) is 33.1 Å². The highest BCUT2D eigenvalue weighted by Crippen LogP contribution is 2.20. The van der Waals surface area contributed by atoms with E-state index in [1.807, 2.05) is 24.4 Å². The molecule has 0 aliphatic rings. The van der Waals surface area contributed by atoms with Gasteiger partial charge in [0.15, 0.2) is 5.13 Å². The number of carbonyl (C=O) groups is 1. The fourth-order valence-electron chi connectivity index (χ4n) is 2.06. The Balaban J connectivity index is 2.01. The summed E-state index contributed by atoms with van der Waals surface area (Å²) >= 11 is 1.43. The third-order valence-corrected chi connectivity index (χ3v) is 3.87. The lowest BCUT2D eigenvalue weighted by atomic mass is 9.96. The van der Waals surface area contributed by atoms with Crippen LogP contribution in [0.25, 0.3) is 0 Å². The van der Waals surface area contributed by atoms with E-state index in [9.17, 15) is 4.79 Å². The van der Waals surface area contributed by atoms with Crippen molar-refractivity contribution in [2.75, 3.05) is 5.32 Å². The molecule has 0 bridgehead atoms.